The van der Waals surface area contributed by atoms with E-state index in [0.717, 1.165) is 17.1 Å². The summed E-state index contributed by atoms with van der Waals surface area (Å²) in [4.78, 5) is 0. The number of benzene rings is 2. The summed E-state index contributed by atoms with van der Waals surface area (Å²) in [7, 11) is 0. The Morgan fingerprint density at radius 2 is 1.72 bits per heavy atom. The fraction of sp³-hybridized carbons (Fsp3) is 0.250. The standard InChI is InChI=1S/C16H19NO/c1-11-8-9-14(10-12(11)2)18-16-7-5-4-6-15(16)13(3)17/h4-10,13H,17H2,1-3H3/t13-/m1/s1. The third kappa shape index (κ3) is 2.71. The lowest BCUT2D eigenvalue weighted by Gasteiger charge is -2.14. The second-order valence-corrected chi connectivity index (χ2v) is 4.67. The van der Waals surface area contributed by atoms with Gasteiger partial charge in [-0.1, -0.05) is 24.3 Å². The molecule has 2 N–H and O–H groups in total. The van der Waals surface area contributed by atoms with Crippen LogP contribution in [0.5, 0.6) is 11.5 Å². The van der Waals surface area contributed by atoms with Crippen molar-refractivity contribution in [1.29, 1.82) is 0 Å². The number of nitrogens with two attached hydrogens (primary N) is 1. The van der Waals surface area contributed by atoms with Gasteiger partial charge in [-0.3, -0.25) is 0 Å². The van der Waals surface area contributed by atoms with E-state index in [4.69, 9.17) is 10.5 Å². The number of ether oxygens (including phenoxy) is 1. The molecule has 0 unspecified atom stereocenters. The highest BCUT2D eigenvalue weighted by Crippen LogP contribution is 2.29. The van der Waals surface area contributed by atoms with Gasteiger partial charge in [0.15, 0.2) is 0 Å². The zero-order chi connectivity index (χ0) is 13.1. The van der Waals surface area contributed by atoms with Crippen molar-refractivity contribution in [2.45, 2.75) is 26.8 Å². The van der Waals surface area contributed by atoms with E-state index in [1.54, 1.807) is 0 Å². The van der Waals surface area contributed by atoms with Crippen molar-refractivity contribution in [3.8, 4) is 11.5 Å². The van der Waals surface area contributed by atoms with Crippen molar-refractivity contribution in [1.82, 2.24) is 0 Å². The average Bonchev–Trinajstić information content (AvgIpc) is 2.34. The maximum absolute atomic E-state index is 5.94. The maximum Gasteiger partial charge on any atom is 0.132 e. The molecule has 0 amide bonds. The topological polar surface area (TPSA) is 35.2 Å². The smallest absolute Gasteiger partial charge is 0.132 e. The van der Waals surface area contributed by atoms with Crippen molar-refractivity contribution < 1.29 is 4.74 Å². The van der Waals surface area contributed by atoms with Gasteiger partial charge in [0.25, 0.3) is 0 Å². The first kappa shape index (κ1) is 12.7. The molecule has 18 heavy (non-hydrogen) atoms. The van der Waals surface area contributed by atoms with Crippen molar-refractivity contribution in [2.24, 2.45) is 5.73 Å². The molecule has 0 bridgehead atoms. The molecule has 0 aromatic heterocycles. The fourth-order valence-electron chi connectivity index (χ4n) is 1.85. The van der Waals surface area contributed by atoms with Crippen LogP contribution < -0.4 is 10.5 Å². The molecule has 2 aromatic carbocycles. The number of para-hydroxylation sites is 1. The molecule has 0 radical (unpaired) electrons. The predicted octanol–water partition coefficient (Wildman–Crippen LogP) is 4.12. The second kappa shape index (κ2) is 5.23. The van der Waals surface area contributed by atoms with Gasteiger partial charge in [0, 0.05) is 11.6 Å². The summed E-state index contributed by atoms with van der Waals surface area (Å²) < 4.78 is 5.93. The Morgan fingerprint density at radius 1 is 1.00 bits per heavy atom. The summed E-state index contributed by atoms with van der Waals surface area (Å²) in [5.41, 5.74) is 9.46. The van der Waals surface area contributed by atoms with Gasteiger partial charge in [-0.25, -0.2) is 0 Å². The van der Waals surface area contributed by atoms with E-state index in [0.29, 0.717) is 0 Å². The first-order valence-electron chi connectivity index (χ1n) is 6.17. The lowest BCUT2D eigenvalue weighted by Crippen LogP contribution is -2.06. The molecule has 94 valence electrons. The molecule has 0 saturated carbocycles. The first-order valence-corrected chi connectivity index (χ1v) is 6.17. The normalized spacial score (nSPS) is 12.2. The lowest BCUT2D eigenvalue weighted by atomic mass is 10.1. The van der Waals surface area contributed by atoms with Crippen molar-refractivity contribution in [2.75, 3.05) is 0 Å². The van der Waals surface area contributed by atoms with Crippen LogP contribution in [0, 0.1) is 13.8 Å². The molecule has 1 atom stereocenters. The molecule has 0 aliphatic rings. The van der Waals surface area contributed by atoms with Crippen LogP contribution >= 0.6 is 0 Å². The highest BCUT2D eigenvalue weighted by molar-refractivity contribution is 5.41. The van der Waals surface area contributed by atoms with Gasteiger partial charge in [0.05, 0.1) is 0 Å². The molecule has 2 heteroatoms. The van der Waals surface area contributed by atoms with Crippen LogP contribution in [0.15, 0.2) is 42.5 Å². The molecule has 0 heterocycles. The van der Waals surface area contributed by atoms with E-state index in [2.05, 4.69) is 19.9 Å². The number of aryl methyl sites for hydroxylation is 2. The molecule has 0 aliphatic heterocycles. The van der Waals surface area contributed by atoms with Crippen LogP contribution in [-0.4, -0.2) is 0 Å². The number of hydrogen-bond donors (Lipinski definition) is 1. The molecule has 2 rings (SSSR count). The van der Waals surface area contributed by atoms with Crippen molar-refractivity contribution >= 4 is 0 Å². The minimum absolute atomic E-state index is 0.0345. The van der Waals surface area contributed by atoms with E-state index in [1.807, 2.05) is 43.3 Å². The molecule has 0 fully saturated rings. The quantitative estimate of drug-likeness (QED) is 0.877. The van der Waals surface area contributed by atoms with E-state index in [1.165, 1.54) is 11.1 Å². The SMILES string of the molecule is Cc1ccc(Oc2ccccc2[C@@H](C)N)cc1C. The summed E-state index contributed by atoms with van der Waals surface area (Å²) in [5.74, 6) is 1.68. The molecular formula is C16H19NO. The van der Waals surface area contributed by atoms with Gasteiger partial charge in [-0.15, -0.1) is 0 Å². The molecule has 0 spiro atoms. The van der Waals surface area contributed by atoms with Gasteiger partial charge in [0.2, 0.25) is 0 Å². The Labute approximate surface area is 108 Å². The van der Waals surface area contributed by atoms with Gasteiger partial charge in [-0.05, 0) is 50.1 Å². The summed E-state index contributed by atoms with van der Waals surface area (Å²) in [6, 6.07) is 14.0. The summed E-state index contributed by atoms with van der Waals surface area (Å²) in [6.07, 6.45) is 0. The monoisotopic (exact) mass is 241 g/mol. The number of hydrogen-bond acceptors (Lipinski definition) is 2. The van der Waals surface area contributed by atoms with E-state index >= 15 is 0 Å². The minimum Gasteiger partial charge on any atom is -0.457 e. The van der Waals surface area contributed by atoms with Gasteiger partial charge in [0.1, 0.15) is 11.5 Å². The Morgan fingerprint density at radius 3 is 2.39 bits per heavy atom. The Balaban J connectivity index is 2.31. The largest absolute Gasteiger partial charge is 0.457 e. The zero-order valence-electron chi connectivity index (χ0n) is 11.1. The number of rotatable bonds is 3. The fourth-order valence-corrected chi connectivity index (χ4v) is 1.85. The highest BCUT2D eigenvalue weighted by atomic mass is 16.5. The van der Waals surface area contributed by atoms with Crippen LogP contribution in [0.2, 0.25) is 0 Å². The molecule has 2 nitrogen and oxygen atoms in total. The van der Waals surface area contributed by atoms with Gasteiger partial charge < -0.3 is 10.5 Å². The third-order valence-corrected chi connectivity index (χ3v) is 3.12. The summed E-state index contributed by atoms with van der Waals surface area (Å²) in [6.45, 7) is 6.14. The molecular weight excluding hydrogens is 222 g/mol. The van der Waals surface area contributed by atoms with Gasteiger partial charge in [-0.2, -0.15) is 0 Å². The first-order chi connectivity index (χ1) is 8.58. The predicted molar refractivity (Wildman–Crippen MR) is 75.0 cm³/mol. The maximum atomic E-state index is 5.94. The van der Waals surface area contributed by atoms with Crippen molar-refractivity contribution in [3.63, 3.8) is 0 Å². The van der Waals surface area contributed by atoms with Crippen molar-refractivity contribution in [3.05, 3.63) is 59.2 Å². The highest BCUT2D eigenvalue weighted by Gasteiger charge is 2.08. The Bertz CT molecular complexity index is 547. The average molecular weight is 241 g/mol. The van der Waals surface area contributed by atoms with Crippen LogP contribution in [0.25, 0.3) is 0 Å². The van der Waals surface area contributed by atoms with E-state index in [9.17, 15) is 0 Å². The molecule has 2 aromatic rings. The Hall–Kier alpha value is -1.80. The van der Waals surface area contributed by atoms with Gasteiger partial charge >= 0.3 is 0 Å². The molecule has 0 aliphatic carbocycles. The van der Waals surface area contributed by atoms with Crippen LogP contribution in [0.3, 0.4) is 0 Å². The Kier molecular flexibility index (Phi) is 3.68. The van der Waals surface area contributed by atoms with Crippen LogP contribution in [-0.2, 0) is 0 Å². The van der Waals surface area contributed by atoms with Crippen LogP contribution in [0.4, 0.5) is 0 Å². The lowest BCUT2D eigenvalue weighted by molar-refractivity contribution is 0.471. The minimum atomic E-state index is -0.0345. The van der Waals surface area contributed by atoms with E-state index in [-0.39, 0.29) is 6.04 Å². The zero-order valence-corrected chi connectivity index (χ0v) is 11.1. The second-order valence-electron chi connectivity index (χ2n) is 4.67. The molecule has 0 saturated heterocycles. The summed E-state index contributed by atoms with van der Waals surface area (Å²) >= 11 is 0. The summed E-state index contributed by atoms with van der Waals surface area (Å²) in [5, 5.41) is 0. The van der Waals surface area contributed by atoms with Crippen LogP contribution in [0.1, 0.15) is 29.7 Å². The van der Waals surface area contributed by atoms with E-state index < -0.39 is 0 Å². The third-order valence-electron chi connectivity index (χ3n) is 3.12.